The lowest BCUT2D eigenvalue weighted by atomic mass is 10.0. The molecule has 0 radical (unpaired) electrons. The van der Waals surface area contributed by atoms with Crippen molar-refractivity contribution in [2.45, 2.75) is 13.2 Å². The Morgan fingerprint density at radius 1 is 0.897 bits per heavy atom. The third-order valence-corrected chi connectivity index (χ3v) is 4.89. The van der Waals surface area contributed by atoms with Crippen LogP contribution < -0.4 is 9.47 Å². The van der Waals surface area contributed by atoms with Gasteiger partial charge in [-0.1, -0.05) is 42.5 Å². The largest absolute Gasteiger partial charge is 0.454 e. The lowest BCUT2D eigenvalue weighted by Crippen LogP contribution is -2.25. The maximum atomic E-state index is 12.2. The summed E-state index contributed by atoms with van der Waals surface area (Å²) in [6, 6.07) is 23.5. The number of nitrogens with zero attached hydrogens (tertiary/aromatic N) is 2. The lowest BCUT2D eigenvalue weighted by molar-refractivity contribution is -0.135. The van der Waals surface area contributed by atoms with Crippen molar-refractivity contribution >= 4 is 11.8 Å². The zero-order valence-corrected chi connectivity index (χ0v) is 15.7. The highest BCUT2D eigenvalue weighted by Gasteiger charge is 2.34. The van der Waals surface area contributed by atoms with Gasteiger partial charge in [0.05, 0.1) is 0 Å². The molecule has 0 bridgehead atoms. The number of hydrogen-bond donors (Lipinski definition) is 0. The van der Waals surface area contributed by atoms with Gasteiger partial charge in [0.1, 0.15) is 0 Å². The van der Waals surface area contributed by atoms with Crippen LogP contribution in [0.5, 0.6) is 11.5 Å². The van der Waals surface area contributed by atoms with Gasteiger partial charge in [-0.3, -0.25) is 4.79 Å². The quantitative estimate of drug-likeness (QED) is 0.673. The third-order valence-electron chi connectivity index (χ3n) is 4.89. The number of rotatable bonds is 3. The standard InChI is InChI=1S/C23H18N2O4/c1-15(26)25-23(19-11-12-20-21(13-19)28-14-27-20)29-22(24-25)18-9-7-17(8-10-18)16-5-3-2-4-6-16/h2-13,23H,14H2,1H3/t23-/m1/s1. The van der Waals surface area contributed by atoms with E-state index < -0.39 is 6.23 Å². The topological polar surface area (TPSA) is 60.4 Å². The summed E-state index contributed by atoms with van der Waals surface area (Å²) in [5, 5.41) is 5.76. The van der Waals surface area contributed by atoms with Gasteiger partial charge < -0.3 is 14.2 Å². The molecule has 5 rings (SSSR count). The minimum absolute atomic E-state index is 0.191. The molecule has 0 N–H and O–H groups in total. The average molecular weight is 386 g/mol. The summed E-state index contributed by atoms with van der Waals surface area (Å²) < 4.78 is 16.9. The monoisotopic (exact) mass is 386 g/mol. The van der Waals surface area contributed by atoms with E-state index in [1.807, 2.05) is 60.7 Å². The van der Waals surface area contributed by atoms with Gasteiger partial charge in [0, 0.05) is 18.1 Å². The molecule has 0 fully saturated rings. The Morgan fingerprint density at radius 2 is 1.59 bits per heavy atom. The maximum absolute atomic E-state index is 12.2. The zero-order chi connectivity index (χ0) is 19.8. The van der Waals surface area contributed by atoms with Gasteiger partial charge in [0.2, 0.25) is 24.8 Å². The number of hydrogen-bond acceptors (Lipinski definition) is 5. The van der Waals surface area contributed by atoms with Crippen LogP contribution >= 0.6 is 0 Å². The normalized spacial score (nSPS) is 17.1. The molecule has 0 aromatic heterocycles. The van der Waals surface area contributed by atoms with Crippen LogP contribution in [0.2, 0.25) is 0 Å². The van der Waals surface area contributed by atoms with Crippen molar-refractivity contribution in [1.29, 1.82) is 0 Å². The summed E-state index contributed by atoms with van der Waals surface area (Å²) >= 11 is 0. The predicted molar refractivity (Wildman–Crippen MR) is 107 cm³/mol. The van der Waals surface area contributed by atoms with E-state index in [0.717, 1.165) is 22.3 Å². The molecule has 0 aliphatic carbocycles. The van der Waals surface area contributed by atoms with Crippen molar-refractivity contribution in [3.05, 3.63) is 83.9 Å². The summed E-state index contributed by atoms with van der Waals surface area (Å²) in [4.78, 5) is 12.2. The van der Waals surface area contributed by atoms with Crippen LogP contribution in [0.1, 0.15) is 24.3 Å². The first-order valence-corrected chi connectivity index (χ1v) is 9.29. The molecule has 2 heterocycles. The number of benzene rings is 3. The molecule has 29 heavy (non-hydrogen) atoms. The summed E-state index contributed by atoms with van der Waals surface area (Å²) in [5.74, 6) is 1.51. The first kappa shape index (κ1) is 17.3. The van der Waals surface area contributed by atoms with Crippen molar-refractivity contribution in [2.24, 2.45) is 5.10 Å². The fraction of sp³-hybridized carbons (Fsp3) is 0.130. The summed E-state index contributed by atoms with van der Waals surface area (Å²) in [5.41, 5.74) is 3.81. The lowest BCUT2D eigenvalue weighted by Gasteiger charge is -2.19. The SMILES string of the molecule is CC(=O)N1N=C(c2ccc(-c3ccccc3)cc2)O[C@@H]1c1ccc2c(c1)OCO2. The van der Waals surface area contributed by atoms with Crippen molar-refractivity contribution in [2.75, 3.05) is 6.79 Å². The number of carbonyl (C=O) groups is 1. The van der Waals surface area contributed by atoms with Crippen molar-refractivity contribution in [3.8, 4) is 22.6 Å². The summed E-state index contributed by atoms with van der Waals surface area (Å²) in [6.07, 6.45) is -0.647. The molecular weight excluding hydrogens is 368 g/mol. The molecule has 2 aliphatic rings. The number of fused-ring (bicyclic) bond motifs is 1. The van der Waals surface area contributed by atoms with Crippen LogP contribution in [0.25, 0.3) is 11.1 Å². The average Bonchev–Trinajstić information content (AvgIpc) is 3.41. The van der Waals surface area contributed by atoms with Crippen molar-refractivity contribution in [1.82, 2.24) is 5.01 Å². The fourth-order valence-corrected chi connectivity index (χ4v) is 3.40. The second-order valence-corrected chi connectivity index (χ2v) is 6.80. The minimum Gasteiger partial charge on any atom is -0.454 e. The van der Waals surface area contributed by atoms with E-state index in [1.54, 1.807) is 0 Å². The van der Waals surface area contributed by atoms with E-state index in [4.69, 9.17) is 14.2 Å². The van der Waals surface area contributed by atoms with E-state index in [2.05, 4.69) is 17.2 Å². The molecule has 0 spiro atoms. The highest BCUT2D eigenvalue weighted by Crippen LogP contribution is 2.38. The number of hydrazone groups is 1. The molecule has 2 aliphatic heterocycles. The Balaban J connectivity index is 1.43. The van der Waals surface area contributed by atoms with Crippen LogP contribution in [-0.2, 0) is 9.53 Å². The van der Waals surface area contributed by atoms with E-state index in [0.29, 0.717) is 17.4 Å². The number of carbonyl (C=O) groups excluding carboxylic acids is 1. The van der Waals surface area contributed by atoms with E-state index in [1.165, 1.54) is 11.9 Å². The minimum atomic E-state index is -0.647. The Hall–Kier alpha value is -3.80. The molecule has 144 valence electrons. The second kappa shape index (κ2) is 6.98. The highest BCUT2D eigenvalue weighted by atomic mass is 16.7. The maximum Gasteiger partial charge on any atom is 0.243 e. The Kier molecular flexibility index (Phi) is 4.17. The first-order chi connectivity index (χ1) is 14.2. The van der Waals surface area contributed by atoms with Gasteiger partial charge in [-0.2, -0.15) is 5.01 Å². The van der Waals surface area contributed by atoms with Gasteiger partial charge in [-0.25, -0.2) is 0 Å². The van der Waals surface area contributed by atoms with Gasteiger partial charge >= 0.3 is 0 Å². The molecule has 3 aromatic rings. The van der Waals surface area contributed by atoms with E-state index in [9.17, 15) is 4.79 Å². The second-order valence-electron chi connectivity index (χ2n) is 6.80. The van der Waals surface area contributed by atoms with Crippen LogP contribution in [0, 0.1) is 0 Å². The summed E-state index contributed by atoms with van der Waals surface area (Å²) in [6.45, 7) is 1.66. The molecule has 6 heteroatoms. The van der Waals surface area contributed by atoms with E-state index in [-0.39, 0.29) is 12.7 Å². The molecule has 0 unspecified atom stereocenters. The molecule has 0 saturated carbocycles. The Bertz CT molecular complexity index is 1090. The van der Waals surface area contributed by atoms with E-state index >= 15 is 0 Å². The van der Waals surface area contributed by atoms with Crippen molar-refractivity contribution < 1.29 is 19.0 Å². The van der Waals surface area contributed by atoms with Gasteiger partial charge in [0.25, 0.3) is 0 Å². The predicted octanol–water partition coefficient (Wildman–Crippen LogP) is 4.32. The van der Waals surface area contributed by atoms with Gasteiger partial charge in [-0.15, -0.1) is 5.10 Å². The van der Waals surface area contributed by atoms with Crippen LogP contribution in [-0.4, -0.2) is 23.6 Å². The van der Waals surface area contributed by atoms with Gasteiger partial charge in [0.15, 0.2) is 11.5 Å². The van der Waals surface area contributed by atoms with Crippen molar-refractivity contribution in [3.63, 3.8) is 0 Å². The first-order valence-electron chi connectivity index (χ1n) is 9.29. The zero-order valence-electron chi connectivity index (χ0n) is 15.7. The van der Waals surface area contributed by atoms with Crippen LogP contribution in [0.4, 0.5) is 0 Å². The molecule has 0 saturated heterocycles. The number of ether oxygens (including phenoxy) is 3. The highest BCUT2D eigenvalue weighted by molar-refractivity contribution is 5.96. The third kappa shape index (κ3) is 3.18. The Morgan fingerprint density at radius 3 is 2.34 bits per heavy atom. The van der Waals surface area contributed by atoms with Gasteiger partial charge in [-0.05, 0) is 41.5 Å². The molecular formula is C23H18N2O4. The molecule has 1 atom stereocenters. The molecule has 3 aromatic carbocycles. The van der Waals surface area contributed by atoms with Crippen LogP contribution in [0.15, 0.2) is 77.9 Å². The number of amides is 1. The van der Waals surface area contributed by atoms with Crippen LogP contribution in [0.3, 0.4) is 0 Å². The summed E-state index contributed by atoms with van der Waals surface area (Å²) in [7, 11) is 0. The molecule has 6 nitrogen and oxygen atoms in total. The smallest absolute Gasteiger partial charge is 0.243 e. The molecule has 1 amide bonds. The Labute approximate surface area is 167 Å². The fourth-order valence-electron chi connectivity index (χ4n) is 3.40.